The number of hydrogen-bond donors (Lipinski definition) is 1. The van der Waals surface area contributed by atoms with E-state index < -0.39 is 37.7 Å². The van der Waals surface area contributed by atoms with Crippen LogP contribution < -0.4 is 5.14 Å². The van der Waals surface area contributed by atoms with Crippen LogP contribution in [0.25, 0.3) is 0 Å². The maximum atomic E-state index is 13.0. The normalized spacial score (nSPS) is 23.1. The molecule has 0 amide bonds. The van der Waals surface area contributed by atoms with Gasteiger partial charge in [-0.25, -0.2) is 22.0 Å². The average molecular weight is 444 g/mol. The number of fused-ring (bicyclic) bond motifs is 1. The fourth-order valence-electron chi connectivity index (χ4n) is 2.79. The lowest BCUT2D eigenvalue weighted by Gasteiger charge is -2.31. The van der Waals surface area contributed by atoms with Gasteiger partial charge in [-0.15, -0.1) is 11.3 Å². The maximum Gasteiger partial charge on any atom is 0.271 e. The van der Waals surface area contributed by atoms with Gasteiger partial charge in [0.15, 0.2) is 9.84 Å². The summed E-state index contributed by atoms with van der Waals surface area (Å²) in [6, 6.07) is 1.26. The zero-order valence-electron chi connectivity index (χ0n) is 15.4. The van der Waals surface area contributed by atoms with E-state index in [1.54, 1.807) is 6.92 Å². The second-order valence-corrected chi connectivity index (χ2v) is 11.1. The number of sulfonamides is 1. The monoisotopic (exact) mass is 443 g/mol. The number of methoxy groups -OCH3 is 1. The van der Waals surface area contributed by atoms with Crippen molar-refractivity contribution in [3.05, 3.63) is 11.6 Å². The van der Waals surface area contributed by atoms with Crippen LogP contribution in [0.15, 0.2) is 14.5 Å². The Balaban J connectivity index is 2.43. The van der Waals surface area contributed by atoms with Crippen LogP contribution in [0.3, 0.4) is 0 Å². The van der Waals surface area contributed by atoms with Gasteiger partial charge in [0, 0.05) is 32.5 Å². The summed E-state index contributed by atoms with van der Waals surface area (Å²) in [5.74, 6) is 0. The first-order valence-electron chi connectivity index (χ1n) is 8.43. The van der Waals surface area contributed by atoms with E-state index in [0.29, 0.717) is 24.6 Å². The lowest BCUT2D eigenvalue weighted by Crippen LogP contribution is -2.33. The Morgan fingerprint density at radius 2 is 2.04 bits per heavy atom. The van der Waals surface area contributed by atoms with Gasteiger partial charge in [0.05, 0.1) is 11.4 Å². The molecule has 0 radical (unpaired) electrons. The van der Waals surface area contributed by atoms with Crippen molar-refractivity contribution in [2.24, 2.45) is 5.14 Å². The average Bonchev–Trinajstić information content (AvgIpc) is 3.05. The fraction of sp³-hybridized carbons (Fsp3) is 0.733. The summed E-state index contributed by atoms with van der Waals surface area (Å²) < 4.78 is 70.6. The highest BCUT2D eigenvalue weighted by Crippen LogP contribution is 2.45. The van der Waals surface area contributed by atoms with Gasteiger partial charge < -0.3 is 18.9 Å². The molecule has 0 aliphatic carbocycles. The molecule has 2 N–H and O–H groups in total. The SMILES string of the molecule is CCOCCC1CC(OC(OC)OCC)c2cc(S(N)(=O)=O)sc2S1(=O)=O. The van der Waals surface area contributed by atoms with Crippen molar-refractivity contribution in [2.75, 3.05) is 26.9 Å². The Bertz CT molecular complexity index is 833. The predicted molar refractivity (Wildman–Crippen MR) is 98.6 cm³/mol. The van der Waals surface area contributed by atoms with Crippen LogP contribution in [-0.4, -0.2) is 55.5 Å². The second kappa shape index (κ2) is 9.27. The van der Waals surface area contributed by atoms with Crippen molar-refractivity contribution < 1.29 is 35.8 Å². The Labute approximate surface area is 163 Å². The minimum atomic E-state index is -4.04. The molecule has 3 atom stereocenters. The van der Waals surface area contributed by atoms with Crippen LogP contribution >= 0.6 is 11.3 Å². The fourth-order valence-corrected chi connectivity index (χ4v) is 7.43. The molecule has 1 aliphatic heterocycles. The van der Waals surface area contributed by atoms with E-state index in [-0.39, 0.29) is 33.4 Å². The zero-order chi connectivity index (χ0) is 20.2. The quantitative estimate of drug-likeness (QED) is 0.424. The number of sulfone groups is 1. The number of hydrogen-bond acceptors (Lipinski definition) is 9. The van der Waals surface area contributed by atoms with E-state index in [1.807, 2.05) is 6.92 Å². The smallest absolute Gasteiger partial charge is 0.271 e. The molecule has 0 aromatic carbocycles. The number of rotatable bonds is 10. The Morgan fingerprint density at radius 3 is 2.59 bits per heavy atom. The summed E-state index contributed by atoms with van der Waals surface area (Å²) in [5.41, 5.74) is 0.262. The number of primary sulfonamides is 1. The Hall–Kier alpha value is -0.600. The van der Waals surface area contributed by atoms with Crippen molar-refractivity contribution in [1.82, 2.24) is 0 Å². The van der Waals surface area contributed by atoms with Crippen LogP contribution in [0.5, 0.6) is 0 Å². The number of nitrogens with two attached hydrogens (primary N) is 1. The molecule has 1 aromatic heterocycles. The number of thiophene rings is 1. The lowest BCUT2D eigenvalue weighted by atomic mass is 10.1. The standard InChI is InChI=1S/C15H25NO8S3/c1-4-22-7-6-10-8-12(24-15(21-3)23-5-2)11-9-13(27(16,19)20)25-14(11)26(10,17)18/h9-10,12,15H,4-8H2,1-3H3,(H2,16,19,20). The summed E-state index contributed by atoms with van der Waals surface area (Å²) in [4.78, 5) is 0. The van der Waals surface area contributed by atoms with E-state index in [4.69, 9.17) is 24.1 Å². The van der Waals surface area contributed by atoms with E-state index >= 15 is 0 Å². The van der Waals surface area contributed by atoms with Gasteiger partial charge in [-0.2, -0.15) is 0 Å². The third-order valence-electron chi connectivity index (χ3n) is 4.06. The van der Waals surface area contributed by atoms with Crippen molar-refractivity contribution in [3.8, 4) is 0 Å². The molecule has 1 aliphatic rings. The van der Waals surface area contributed by atoms with E-state index in [9.17, 15) is 16.8 Å². The summed E-state index contributed by atoms with van der Waals surface area (Å²) in [7, 11) is -6.38. The van der Waals surface area contributed by atoms with Crippen molar-refractivity contribution in [1.29, 1.82) is 0 Å². The van der Waals surface area contributed by atoms with Gasteiger partial charge in [-0.3, -0.25) is 0 Å². The largest absolute Gasteiger partial charge is 0.382 e. The number of ether oxygens (including phenoxy) is 4. The molecule has 0 saturated carbocycles. The molecule has 2 heterocycles. The first-order chi connectivity index (χ1) is 12.6. The minimum Gasteiger partial charge on any atom is -0.382 e. The molecule has 156 valence electrons. The van der Waals surface area contributed by atoms with E-state index in [0.717, 1.165) is 0 Å². The third-order valence-corrected chi connectivity index (χ3v) is 9.43. The molecule has 12 heteroatoms. The lowest BCUT2D eigenvalue weighted by molar-refractivity contribution is -0.295. The van der Waals surface area contributed by atoms with Crippen molar-refractivity contribution in [2.45, 2.75) is 52.9 Å². The second-order valence-electron chi connectivity index (χ2n) is 5.85. The molecule has 0 spiro atoms. The summed E-state index contributed by atoms with van der Waals surface area (Å²) in [6.07, 6.45) is -0.307. The minimum absolute atomic E-state index is 0.0457. The third kappa shape index (κ3) is 5.26. The molecule has 1 aromatic rings. The Morgan fingerprint density at radius 1 is 1.33 bits per heavy atom. The Kier molecular flexibility index (Phi) is 7.78. The van der Waals surface area contributed by atoms with Gasteiger partial charge in [0.25, 0.3) is 6.48 Å². The molecular formula is C15H25NO8S3. The molecule has 2 rings (SSSR count). The zero-order valence-corrected chi connectivity index (χ0v) is 17.9. The molecule has 9 nitrogen and oxygen atoms in total. The van der Waals surface area contributed by atoms with Crippen LogP contribution in [0, 0.1) is 0 Å². The van der Waals surface area contributed by atoms with Gasteiger partial charge in [0.2, 0.25) is 10.0 Å². The topological polar surface area (TPSA) is 131 Å². The van der Waals surface area contributed by atoms with Crippen molar-refractivity contribution in [3.63, 3.8) is 0 Å². The summed E-state index contributed by atoms with van der Waals surface area (Å²) in [6.45, 7) is 3.66. The summed E-state index contributed by atoms with van der Waals surface area (Å²) >= 11 is 0.641. The van der Waals surface area contributed by atoms with Gasteiger partial charge in [-0.05, 0) is 32.8 Å². The van der Waals surface area contributed by atoms with Crippen LogP contribution in [0.1, 0.15) is 38.4 Å². The summed E-state index contributed by atoms with van der Waals surface area (Å²) in [5, 5.41) is 4.42. The first-order valence-corrected chi connectivity index (χ1v) is 12.3. The van der Waals surface area contributed by atoms with Gasteiger partial charge in [-0.1, -0.05) is 0 Å². The molecule has 0 fully saturated rings. The molecule has 0 saturated heterocycles. The maximum absolute atomic E-state index is 13.0. The molecule has 27 heavy (non-hydrogen) atoms. The molecule has 0 bridgehead atoms. The predicted octanol–water partition coefficient (Wildman–Crippen LogP) is 1.39. The molecular weight excluding hydrogens is 418 g/mol. The first kappa shape index (κ1) is 22.7. The van der Waals surface area contributed by atoms with Gasteiger partial charge >= 0.3 is 0 Å². The van der Waals surface area contributed by atoms with Gasteiger partial charge in [0.1, 0.15) is 8.42 Å². The highest BCUT2D eigenvalue weighted by molar-refractivity contribution is 7.95. The van der Waals surface area contributed by atoms with Crippen LogP contribution in [-0.2, 0) is 38.8 Å². The highest BCUT2D eigenvalue weighted by Gasteiger charge is 2.42. The van der Waals surface area contributed by atoms with E-state index in [1.165, 1.54) is 13.2 Å². The van der Waals surface area contributed by atoms with Crippen molar-refractivity contribution >= 4 is 31.2 Å². The van der Waals surface area contributed by atoms with Crippen LogP contribution in [0.2, 0.25) is 0 Å². The molecule has 3 unspecified atom stereocenters. The van der Waals surface area contributed by atoms with E-state index in [2.05, 4.69) is 0 Å². The highest BCUT2D eigenvalue weighted by atomic mass is 32.3. The van der Waals surface area contributed by atoms with Crippen LogP contribution in [0.4, 0.5) is 0 Å².